The summed E-state index contributed by atoms with van der Waals surface area (Å²) < 4.78 is 1.85. The van der Waals surface area contributed by atoms with Gasteiger partial charge in [0.25, 0.3) is 5.91 Å². The molecule has 0 saturated carbocycles. The second-order valence-corrected chi connectivity index (χ2v) is 8.36. The Labute approximate surface area is 166 Å². The monoisotopic (exact) mass is 382 g/mol. The Hall–Kier alpha value is -2.25. The van der Waals surface area contributed by atoms with E-state index in [-0.39, 0.29) is 5.91 Å². The minimum Gasteiger partial charge on any atom is -0.320 e. The maximum Gasteiger partial charge on any atom is 0.277 e. The van der Waals surface area contributed by atoms with E-state index in [2.05, 4.69) is 45.8 Å². The zero-order valence-corrected chi connectivity index (χ0v) is 16.8. The molecule has 0 spiro atoms. The van der Waals surface area contributed by atoms with Crippen LogP contribution in [0.25, 0.3) is 0 Å². The third-order valence-corrected chi connectivity index (χ3v) is 5.75. The molecule has 1 saturated heterocycles. The van der Waals surface area contributed by atoms with E-state index in [1.807, 2.05) is 16.8 Å². The number of anilines is 1. The highest BCUT2D eigenvalue weighted by atomic mass is 16.2. The number of hydrogen-bond donors (Lipinski definition) is 2. The Balaban J connectivity index is 1.42. The third kappa shape index (κ3) is 4.25. The van der Waals surface area contributed by atoms with Crippen LogP contribution < -0.4 is 10.6 Å². The molecule has 7 nitrogen and oxygen atoms in total. The molecular formula is C21H30N6O. The summed E-state index contributed by atoms with van der Waals surface area (Å²) in [6.45, 7) is 9.41. The van der Waals surface area contributed by atoms with Crippen LogP contribution in [0.3, 0.4) is 0 Å². The fourth-order valence-corrected chi connectivity index (χ4v) is 4.02. The molecule has 28 heavy (non-hydrogen) atoms. The first-order valence-electron chi connectivity index (χ1n) is 10.4. The molecule has 1 amide bonds. The highest BCUT2D eigenvalue weighted by molar-refractivity contribution is 6.03. The second-order valence-electron chi connectivity index (χ2n) is 8.36. The van der Waals surface area contributed by atoms with Crippen molar-refractivity contribution in [3.8, 4) is 0 Å². The van der Waals surface area contributed by atoms with Gasteiger partial charge in [-0.15, -0.1) is 5.10 Å². The molecule has 1 aromatic carbocycles. The zero-order valence-electron chi connectivity index (χ0n) is 16.8. The van der Waals surface area contributed by atoms with Crippen molar-refractivity contribution in [3.05, 3.63) is 41.2 Å². The fraction of sp³-hybridized carbons (Fsp3) is 0.571. The molecule has 2 aromatic rings. The summed E-state index contributed by atoms with van der Waals surface area (Å²) in [5.41, 5.74) is 3.81. The number of benzene rings is 1. The van der Waals surface area contributed by atoms with Crippen molar-refractivity contribution in [2.45, 2.75) is 52.2 Å². The van der Waals surface area contributed by atoms with Crippen LogP contribution in [0.2, 0.25) is 0 Å². The van der Waals surface area contributed by atoms with E-state index in [0.29, 0.717) is 17.7 Å². The molecule has 0 radical (unpaired) electrons. The standard InChI is InChI=1S/C21H30N6O/c1-15(2)8-11-26-12-16-4-3-5-19(18(16)13-26)23-21(28)20-14-27(25-24-20)17-6-9-22-10-7-17/h3-5,14-15,17,22H,6-13H2,1-2H3,(H,23,28). The van der Waals surface area contributed by atoms with Gasteiger partial charge in [-0.25, -0.2) is 4.68 Å². The first-order valence-corrected chi connectivity index (χ1v) is 10.4. The molecule has 0 atom stereocenters. The number of piperidine rings is 1. The van der Waals surface area contributed by atoms with Crippen molar-refractivity contribution < 1.29 is 4.79 Å². The summed E-state index contributed by atoms with van der Waals surface area (Å²) in [6.07, 6.45) is 5.00. The lowest BCUT2D eigenvalue weighted by Crippen LogP contribution is -2.29. The van der Waals surface area contributed by atoms with Gasteiger partial charge in [0.05, 0.1) is 12.2 Å². The van der Waals surface area contributed by atoms with E-state index < -0.39 is 0 Å². The smallest absolute Gasteiger partial charge is 0.277 e. The Bertz CT molecular complexity index is 824. The molecule has 0 bridgehead atoms. The number of fused-ring (bicyclic) bond motifs is 1. The Morgan fingerprint density at radius 3 is 2.89 bits per heavy atom. The van der Waals surface area contributed by atoms with Crippen molar-refractivity contribution in [1.29, 1.82) is 0 Å². The molecule has 2 N–H and O–H groups in total. The molecule has 7 heteroatoms. The summed E-state index contributed by atoms with van der Waals surface area (Å²) in [5.74, 6) is 0.514. The maximum atomic E-state index is 12.8. The van der Waals surface area contributed by atoms with Crippen molar-refractivity contribution in [2.75, 3.05) is 25.0 Å². The van der Waals surface area contributed by atoms with Crippen molar-refractivity contribution in [2.24, 2.45) is 5.92 Å². The van der Waals surface area contributed by atoms with Crippen LogP contribution in [0.5, 0.6) is 0 Å². The summed E-state index contributed by atoms with van der Waals surface area (Å²) in [7, 11) is 0. The topological polar surface area (TPSA) is 75.1 Å². The predicted octanol–water partition coefficient (Wildman–Crippen LogP) is 2.82. The molecule has 1 fully saturated rings. The second kappa shape index (κ2) is 8.41. The molecule has 0 unspecified atom stereocenters. The number of carbonyl (C=O) groups is 1. The van der Waals surface area contributed by atoms with Gasteiger partial charge in [-0.1, -0.05) is 31.2 Å². The van der Waals surface area contributed by atoms with Crippen LogP contribution in [0, 0.1) is 5.92 Å². The minimum absolute atomic E-state index is 0.186. The van der Waals surface area contributed by atoms with Crippen LogP contribution in [0.15, 0.2) is 24.4 Å². The molecule has 2 aliphatic rings. The normalized spacial score (nSPS) is 17.8. The number of hydrogen-bond acceptors (Lipinski definition) is 5. The highest BCUT2D eigenvalue weighted by Crippen LogP contribution is 2.30. The number of aromatic nitrogens is 3. The van der Waals surface area contributed by atoms with Crippen LogP contribution >= 0.6 is 0 Å². The maximum absolute atomic E-state index is 12.8. The van der Waals surface area contributed by atoms with Crippen LogP contribution in [-0.2, 0) is 13.1 Å². The average Bonchev–Trinajstić information content (AvgIpc) is 3.35. The molecular weight excluding hydrogens is 352 g/mol. The van der Waals surface area contributed by atoms with Crippen LogP contribution in [-0.4, -0.2) is 45.4 Å². The van der Waals surface area contributed by atoms with Gasteiger partial charge in [0.1, 0.15) is 0 Å². The largest absolute Gasteiger partial charge is 0.320 e. The van der Waals surface area contributed by atoms with Gasteiger partial charge in [-0.3, -0.25) is 9.69 Å². The average molecular weight is 383 g/mol. The van der Waals surface area contributed by atoms with E-state index in [1.165, 1.54) is 17.5 Å². The molecule has 4 rings (SSSR count). The van der Waals surface area contributed by atoms with Crippen molar-refractivity contribution in [1.82, 2.24) is 25.2 Å². The molecule has 3 heterocycles. The first-order chi connectivity index (χ1) is 13.6. The van der Waals surface area contributed by atoms with Gasteiger partial charge >= 0.3 is 0 Å². The van der Waals surface area contributed by atoms with E-state index >= 15 is 0 Å². The zero-order chi connectivity index (χ0) is 19.5. The number of nitrogens with zero attached hydrogens (tertiary/aromatic N) is 4. The van der Waals surface area contributed by atoms with E-state index in [9.17, 15) is 4.79 Å². The Morgan fingerprint density at radius 1 is 1.29 bits per heavy atom. The molecule has 150 valence electrons. The van der Waals surface area contributed by atoms with Crippen molar-refractivity contribution in [3.63, 3.8) is 0 Å². The van der Waals surface area contributed by atoms with Crippen LogP contribution in [0.1, 0.15) is 60.8 Å². The van der Waals surface area contributed by atoms with E-state index in [4.69, 9.17) is 0 Å². The lowest BCUT2D eigenvalue weighted by Gasteiger charge is -2.22. The van der Waals surface area contributed by atoms with E-state index in [1.54, 1.807) is 6.20 Å². The lowest BCUT2D eigenvalue weighted by atomic mass is 10.1. The lowest BCUT2D eigenvalue weighted by molar-refractivity contribution is 0.102. The minimum atomic E-state index is -0.186. The summed E-state index contributed by atoms with van der Waals surface area (Å²) in [4.78, 5) is 15.2. The predicted molar refractivity (Wildman–Crippen MR) is 109 cm³/mol. The summed E-state index contributed by atoms with van der Waals surface area (Å²) in [5, 5.41) is 14.7. The SMILES string of the molecule is CC(C)CCN1Cc2cccc(NC(=O)c3cn(C4CCNCC4)nn3)c2C1. The van der Waals surface area contributed by atoms with Gasteiger partial charge in [-0.05, 0) is 62.0 Å². The quantitative estimate of drug-likeness (QED) is 0.804. The van der Waals surface area contributed by atoms with Gasteiger partial charge in [0.2, 0.25) is 0 Å². The van der Waals surface area contributed by atoms with E-state index in [0.717, 1.165) is 51.3 Å². The van der Waals surface area contributed by atoms with Gasteiger partial charge in [0, 0.05) is 18.8 Å². The Morgan fingerprint density at radius 2 is 2.11 bits per heavy atom. The molecule has 2 aliphatic heterocycles. The number of carbonyl (C=O) groups excluding carboxylic acids is 1. The fourth-order valence-electron chi connectivity index (χ4n) is 4.02. The number of nitrogens with one attached hydrogen (secondary N) is 2. The van der Waals surface area contributed by atoms with Gasteiger partial charge < -0.3 is 10.6 Å². The van der Waals surface area contributed by atoms with Crippen LogP contribution in [0.4, 0.5) is 5.69 Å². The number of rotatable bonds is 6. The highest BCUT2D eigenvalue weighted by Gasteiger charge is 2.23. The summed E-state index contributed by atoms with van der Waals surface area (Å²) >= 11 is 0. The summed E-state index contributed by atoms with van der Waals surface area (Å²) in [6, 6.07) is 6.49. The first kappa shape index (κ1) is 19.1. The Kier molecular flexibility index (Phi) is 5.73. The van der Waals surface area contributed by atoms with Gasteiger partial charge in [0.15, 0.2) is 5.69 Å². The van der Waals surface area contributed by atoms with Crippen molar-refractivity contribution >= 4 is 11.6 Å². The number of amides is 1. The third-order valence-electron chi connectivity index (χ3n) is 5.75. The molecule has 1 aromatic heterocycles. The van der Waals surface area contributed by atoms with Gasteiger partial charge in [-0.2, -0.15) is 0 Å². The molecule has 0 aliphatic carbocycles.